The van der Waals surface area contributed by atoms with Gasteiger partial charge in [0, 0.05) is 17.5 Å². The highest BCUT2D eigenvalue weighted by molar-refractivity contribution is 4.80. The lowest BCUT2D eigenvalue weighted by Crippen LogP contribution is -2.44. The van der Waals surface area contributed by atoms with E-state index >= 15 is 0 Å². The van der Waals surface area contributed by atoms with Crippen LogP contribution in [-0.2, 0) is 0 Å². The number of aliphatic hydroxyl groups excluding tert-OH is 2. The zero-order valence-electron chi connectivity index (χ0n) is 15.4. The number of hydrogen-bond acceptors (Lipinski definition) is 4. The number of rotatable bonds is 17. The fourth-order valence-corrected chi connectivity index (χ4v) is 2.89. The van der Waals surface area contributed by atoms with Gasteiger partial charge in [0.05, 0.1) is 12.2 Å². The third-order valence-electron chi connectivity index (χ3n) is 4.54. The summed E-state index contributed by atoms with van der Waals surface area (Å²) >= 11 is 0. The Kier molecular flexibility index (Phi) is 16.5. The average molecular weight is 343 g/mol. The first-order chi connectivity index (χ1) is 11.6. The molecule has 0 aliphatic rings. The van der Waals surface area contributed by atoms with Crippen LogP contribution in [0, 0.1) is 0 Å². The number of aliphatic hydroxyl groups is 2. The summed E-state index contributed by atoms with van der Waals surface area (Å²) in [6, 6.07) is -0.701. The Morgan fingerprint density at radius 2 is 1.33 bits per heavy atom. The Balaban J connectivity index is 3.41. The van der Waals surface area contributed by atoms with Crippen molar-refractivity contribution in [3.8, 4) is 0 Å². The molecule has 0 aromatic rings. The third-order valence-corrected chi connectivity index (χ3v) is 4.54. The standard InChI is InChI=1S/C18H38N4O2/c1-2-3-4-5-6-7-8-9-10-11-12-13-14-17(23)18(24)16(19)15-21-22-20/h16-18,23-24H,2-15,19H2,1H3/t16-,17+,18-/m0/s1. The lowest BCUT2D eigenvalue weighted by atomic mass is 9.99. The maximum absolute atomic E-state index is 9.88. The van der Waals surface area contributed by atoms with Crippen molar-refractivity contribution in [2.75, 3.05) is 6.54 Å². The molecule has 0 spiro atoms. The van der Waals surface area contributed by atoms with Crippen LogP contribution < -0.4 is 5.73 Å². The van der Waals surface area contributed by atoms with Crippen LogP contribution in [-0.4, -0.2) is 35.0 Å². The van der Waals surface area contributed by atoms with Crippen LogP contribution in [0.1, 0.15) is 90.4 Å². The molecule has 0 saturated carbocycles. The number of azide groups is 1. The maximum atomic E-state index is 9.88. The van der Waals surface area contributed by atoms with Crippen LogP contribution in [0.3, 0.4) is 0 Å². The van der Waals surface area contributed by atoms with E-state index in [4.69, 9.17) is 11.3 Å². The van der Waals surface area contributed by atoms with E-state index in [1.54, 1.807) is 0 Å². The van der Waals surface area contributed by atoms with Gasteiger partial charge in [-0.2, -0.15) is 0 Å². The highest BCUT2D eigenvalue weighted by atomic mass is 16.3. The van der Waals surface area contributed by atoms with E-state index in [9.17, 15) is 10.2 Å². The van der Waals surface area contributed by atoms with Crippen molar-refractivity contribution < 1.29 is 10.2 Å². The number of nitrogens with zero attached hydrogens (tertiary/aromatic N) is 3. The molecule has 0 fully saturated rings. The van der Waals surface area contributed by atoms with Gasteiger partial charge in [0.1, 0.15) is 0 Å². The summed E-state index contributed by atoms with van der Waals surface area (Å²) in [4.78, 5) is 2.61. The minimum atomic E-state index is -1.02. The quantitative estimate of drug-likeness (QED) is 0.157. The summed E-state index contributed by atoms with van der Waals surface area (Å²) in [6.45, 7) is 2.25. The predicted octanol–water partition coefficient (Wildman–Crippen LogP) is 4.44. The van der Waals surface area contributed by atoms with Crippen LogP contribution >= 0.6 is 0 Å². The van der Waals surface area contributed by atoms with Gasteiger partial charge in [0.2, 0.25) is 0 Å². The summed E-state index contributed by atoms with van der Waals surface area (Å²) in [5.74, 6) is 0. The summed E-state index contributed by atoms with van der Waals surface area (Å²) in [5, 5.41) is 23.0. The van der Waals surface area contributed by atoms with Gasteiger partial charge in [-0.15, -0.1) is 0 Å². The second kappa shape index (κ2) is 17.0. The molecule has 3 atom stereocenters. The molecule has 6 heteroatoms. The van der Waals surface area contributed by atoms with Crippen molar-refractivity contribution in [2.24, 2.45) is 10.8 Å². The van der Waals surface area contributed by atoms with Crippen LogP contribution in [0.4, 0.5) is 0 Å². The Morgan fingerprint density at radius 1 is 0.875 bits per heavy atom. The van der Waals surface area contributed by atoms with Gasteiger partial charge in [0.15, 0.2) is 0 Å². The molecule has 0 bridgehead atoms. The lowest BCUT2D eigenvalue weighted by Gasteiger charge is -2.22. The van der Waals surface area contributed by atoms with Gasteiger partial charge in [-0.25, -0.2) is 0 Å². The Labute approximate surface area is 147 Å². The Bertz CT molecular complexity index is 322. The largest absolute Gasteiger partial charge is 0.390 e. The first-order valence-corrected chi connectivity index (χ1v) is 9.76. The summed E-state index contributed by atoms with van der Waals surface area (Å²) < 4.78 is 0. The van der Waals surface area contributed by atoms with Gasteiger partial charge >= 0.3 is 0 Å². The van der Waals surface area contributed by atoms with E-state index in [0.717, 1.165) is 12.8 Å². The topological polar surface area (TPSA) is 115 Å². The van der Waals surface area contributed by atoms with E-state index < -0.39 is 18.2 Å². The number of hydrogen-bond donors (Lipinski definition) is 3. The minimum Gasteiger partial charge on any atom is -0.390 e. The molecule has 0 aromatic heterocycles. The van der Waals surface area contributed by atoms with Gasteiger partial charge in [-0.1, -0.05) is 89.1 Å². The highest BCUT2D eigenvalue weighted by Gasteiger charge is 2.22. The molecule has 4 N–H and O–H groups in total. The summed E-state index contributed by atoms with van der Waals surface area (Å²) in [6.07, 6.45) is 13.9. The first-order valence-electron chi connectivity index (χ1n) is 9.76. The highest BCUT2D eigenvalue weighted by Crippen LogP contribution is 2.14. The van der Waals surface area contributed by atoms with Crippen molar-refractivity contribution in [1.29, 1.82) is 0 Å². The maximum Gasteiger partial charge on any atom is 0.0950 e. The fourth-order valence-electron chi connectivity index (χ4n) is 2.89. The second-order valence-corrected chi connectivity index (χ2v) is 6.81. The van der Waals surface area contributed by atoms with Crippen molar-refractivity contribution in [2.45, 2.75) is 109 Å². The molecule has 0 amide bonds. The van der Waals surface area contributed by atoms with Crippen LogP contribution in [0.5, 0.6) is 0 Å². The molecule has 0 radical (unpaired) electrons. The molecule has 6 nitrogen and oxygen atoms in total. The monoisotopic (exact) mass is 342 g/mol. The van der Waals surface area contributed by atoms with E-state index in [1.807, 2.05) is 0 Å². The molecule has 0 aliphatic heterocycles. The summed E-state index contributed by atoms with van der Waals surface area (Å²) in [7, 11) is 0. The average Bonchev–Trinajstić information content (AvgIpc) is 2.59. The van der Waals surface area contributed by atoms with Crippen molar-refractivity contribution in [1.82, 2.24) is 0 Å². The molecule has 24 heavy (non-hydrogen) atoms. The first kappa shape index (κ1) is 23.2. The number of nitrogens with two attached hydrogens (primary N) is 1. The van der Waals surface area contributed by atoms with Crippen molar-refractivity contribution in [3.63, 3.8) is 0 Å². The molecule has 0 unspecified atom stereocenters. The van der Waals surface area contributed by atoms with Crippen LogP contribution in [0.25, 0.3) is 10.4 Å². The molecule has 0 aromatic carbocycles. The second-order valence-electron chi connectivity index (χ2n) is 6.81. The SMILES string of the molecule is CCCCCCCCCCCCCC[C@@H](O)[C@@H](O)[C@@H](N)CN=[N+]=[N-]. The zero-order valence-corrected chi connectivity index (χ0v) is 15.4. The molecule has 0 heterocycles. The molecular weight excluding hydrogens is 304 g/mol. The van der Waals surface area contributed by atoms with Gasteiger partial charge in [-0.05, 0) is 12.0 Å². The van der Waals surface area contributed by atoms with E-state index in [2.05, 4.69) is 16.9 Å². The van der Waals surface area contributed by atoms with Gasteiger partial charge in [-0.3, -0.25) is 0 Å². The minimum absolute atomic E-state index is 0.00711. The van der Waals surface area contributed by atoms with Crippen LogP contribution in [0.2, 0.25) is 0 Å². The normalized spacial score (nSPS) is 14.8. The predicted molar refractivity (Wildman–Crippen MR) is 99.7 cm³/mol. The van der Waals surface area contributed by atoms with E-state index in [1.165, 1.54) is 64.2 Å². The van der Waals surface area contributed by atoms with Gasteiger partial charge in [0.25, 0.3) is 0 Å². The Hall–Kier alpha value is -0.810. The fraction of sp³-hybridized carbons (Fsp3) is 1.00. The van der Waals surface area contributed by atoms with Crippen molar-refractivity contribution >= 4 is 0 Å². The van der Waals surface area contributed by atoms with Crippen molar-refractivity contribution in [3.05, 3.63) is 10.4 Å². The molecular formula is C18H38N4O2. The van der Waals surface area contributed by atoms with E-state index in [-0.39, 0.29) is 6.54 Å². The number of unbranched alkanes of at least 4 members (excludes halogenated alkanes) is 11. The molecule has 142 valence electrons. The van der Waals surface area contributed by atoms with Gasteiger partial charge < -0.3 is 15.9 Å². The smallest absolute Gasteiger partial charge is 0.0950 e. The molecule has 0 aliphatic carbocycles. The Morgan fingerprint density at radius 3 is 1.79 bits per heavy atom. The van der Waals surface area contributed by atoms with Crippen LogP contribution in [0.15, 0.2) is 5.11 Å². The molecule has 0 saturated heterocycles. The summed E-state index contributed by atoms with van der Waals surface area (Å²) in [5.41, 5.74) is 13.9. The third kappa shape index (κ3) is 13.6. The lowest BCUT2D eigenvalue weighted by molar-refractivity contribution is 0.0000636. The van der Waals surface area contributed by atoms with E-state index in [0.29, 0.717) is 6.42 Å². The zero-order chi connectivity index (χ0) is 18.0. The molecule has 0 rings (SSSR count).